The fourth-order valence-electron chi connectivity index (χ4n) is 2.35. The summed E-state index contributed by atoms with van der Waals surface area (Å²) in [5.74, 6) is -1.70. The summed E-state index contributed by atoms with van der Waals surface area (Å²) in [4.78, 5) is 34.7. The molecule has 30 heavy (non-hydrogen) atoms. The molecule has 0 aliphatic carbocycles. The van der Waals surface area contributed by atoms with E-state index in [0.717, 1.165) is 11.1 Å². The molecule has 0 saturated heterocycles. The van der Waals surface area contributed by atoms with Gasteiger partial charge in [0.05, 0.1) is 4.90 Å². The average molecular weight is 433 g/mol. The van der Waals surface area contributed by atoms with Crippen LogP contribution in [0, 0.1) is 13.8 Å². The molecule has 0 aliphatic heterocycles. The molecule has 10 heteroatoms. The normalized spacial score (nSPS) is 10.9. The molecule has 0 heterocycles. The highest BCUT2D eigenvalue weighted by Crippen LogP contribution is 2.15. The van der Waals surface area contributed by atoms with Gasteiger partial charge in [0.1, 0.15) is 6.54 Å². The van der Waals surface area contributed by atoms with Crippen LogP contribution in [-0.4, -0.2) is 39.4 Å². The molecule has 2 aromatic rings. The van der Waals surface area contributed by atoms with Crippen molar-refractivity contribution in [3.63, 3.8) is 0 Å². The summed E-state index contributed by atoms with van der Waals surface area (Å²) in [6.07, 6.45) is 0. The Morgan fingerprint density at radius 1 is 0.900 bits per heavy atom. The number of anilines is 2. The molecular weight excluding hydrogens is 410 g/mol. The molecule has 0 aliphatic rings. The number of amides is 2. The number of sulfonamides is 1. The lowest BCUT2D eigenvalue weighted by Crippen LogP contribution is -2.32. The molecule has 0 atom stereocenters. The van der Waals surface area contributed by atoms with E-state index in [2.05, 4.69) is 15.4 Å². The van der Waals surface area contributed by atoms with E-state index in [4.69, 9.17) is 4.74 Å². The predicted molar refractivity (Wildman–Crippen MR) is 111 cm³/mol. The summed E-state index contributed by atoms with van der Waals surface area (Å²) >= 11 is 0. The lowest BCUT2D eigenvalue weighted by molar-refractivity contribution is -0.146. The van der Waals surface area contributed by atoms with Crippen LogP contribution < -0.4 is 15.4 Å². The molecule has 0 aromatic heterocycles. The van der Waals surface area contributed by atoms with Gasteiger partial charge >= 0.3 is 5.97 Å². The number of hydrogen-bond acceptors (Lipinski definition) is 6. The SMILES string of the molecule is CC(=O)Nc1ccc(NC(=O)COC(=O)CNS(=O)(=O)c2ccc(C)c(C)c2)cc1. The third-order valence-corrected chi connectivity index (χ3v) is 5.45. The molecule has 2 rings (SSSR count). The Bertz CT molecular complexity index is 1050. The van der Waals surface area contributed by atoms with Crippen molar-refractivity contribution in [3.8, 4) is 0 Å². The highest BCUT2D eigenvalue weighted by molar-refractivity contribution is 7.89. The molecule has 160 valence electrons. The van der Waals surface area contributed by atoms with E-state index in [-0.39, 0.29) is 10.8 Å². The highest BCUT2D eigenvalue weighted by Gasteiger charge is 2.17. The van der Waals surface area contributed by atoms with Gasteiger partial charge in [0.2, 0.25) is 15.9 Å². The van der Waals surface area contributed by atoms with Gasteiger partial charge in [0.15, 0.2) is 6.61 Å². The number of esters is 1. The Labute approximate surface area is 174 Å². The van der Waals surface area contributed by atoms with Crippen LogP contribution in [0.15, 0.2) is 47.4 Å². The minimum Gasteiger partial charge on any atom is -0.455 e. The average Bonchev–Trinajstić information content (AvgIpc) is 2.68. The predicted octanol–water partition coefficient (Wildman–Crippen LogP) is 1.72. The van der Waals surface area contributed by atoms with Crippen LogP contribution in [0.3, 0.4) is 0 Å². The minimum absolute atomic E-state index is 0.0406. The van der Waals surface area contributed by atoms with Crippen LogP contribution in [0.2, 0.25) is 0 Å². The third-order valence-electron chi connectivity index (χ3n) is 4.05. The molecule has 3 N–H and O–H groups in total. The van der Waals surface area contributed by atoms with E-state index in [1.54, 1.807) is 37.3 Å². The number of benzene rings is 2. The number of ether oxygens (including phenoxy) is 1. The second kappa shape index (κ2) is 9.99. The van der Waals surface area contributed by atoms with Gasteiger partial charge in [-0.3, -0.25) is 14.4 Å². The van der Waals surface area contributed by atoms with Crippen LogP contribution in [0.25, 0.3) is 0 Å². The van der Waals surface area contributed by atoms with E-state index < -0.39 is 35.1 Å². The summed E-state index contributed by atoms with van der Waals surface area (Å²) in [6, 6.07) is 11.0. The quantitative estimate of drug-likeness (QED) is 0.544. The van der Waals surface area contributed by atoms with Crippen molar-refractivity contribution in [2.24, 2.45) is 0 Å². The topological polar surface area (TPSA) is 131 Å². The standard InChI is InChI=1S/C20H23N3O6S/c1-13-4-9-18(10-14(13)2)30(27,28)21-11-20(26)29-12-19(25)23-17-7-5-16(6-8-17)22-15(3)24/h4-10,21H,11-12H2,1-3H3,(H,22,24)(H,23,25). The maximum atomic E-state index is 12.2. The second-order valence-electron chi connectivity index (χ2n) is 6.54. The maximum Gasteiger partial charge on any atom is 0.321 e. The summed E-state index contributed by atoms with van der Waals surface area (Å²) in [7, 11) is -3.88. The number of aryl methyl sites for hydroxylation is 2. The van der Waals surface area contributed by atoms with Crippen molar-refractivity contribution in [1.29, 1.82) is 0 Å². The summed E-state index contributed by atoms with van der Waals surface area (Å²) in [6.45, 7) is 3.85. The Morgan fingerprint density at radius 3 is 2.07 bits per heavy atom. The number of carbonyl (C=O) groups is 3. The largest absolute Gasteiger partial charge is 0.455 e. The van der Waals surface area contributed by atoms with Gasteiger partial charge in [-0.05, 0) is 61.4 Å². The Kier molecular flexibility index (Phi) is 7.67. The summed E-state index contributed by atoms with van der Waals surface area (Å²) < 4.78 is 31.4. The maximum absolute atomic E-state index is 12.2. The van der Waals surface area contributed by atoms with Crippen molar-refractivity contribution in [1.82, 2.24) is 4.72 Å². The third kappa shape index (κ3) is 6.98. The molecule has 2 amide bonds. The van der Waals surface area contributed by atoms with Gasteiger partial charge < -0.3 is 15.4 Å². The van der Waals surface area contributed by atoms with Crippen molar-refractivity contribution in [3.05, 3.63) is 53.6 Å². The van der Waals surface area contributed by atoms with Gasteiger partial charge in [-0.1, -0.05) is 6.07 Å². The second-order valence-corrected chi connectivity index (χ2v) is 8.30. The van der Waals surface area contributed by atoms with Gasteiger partial charge in [0.25, 0.3) is 5.91 Å². The number of hydrogen-bond donors (Lipinski definition) is 3. The number of rotatable bonds is 8. The molecular formula is C20H23N3O6S. The van der Waals surface area contributed by atoms with Crippen LogP contribution in [0.4, 0.5) is 11.4 Å². The van der Waals surface area contributed by atoms with E-state index in [1.165, 1.54) is 19.1 Å². The van der Waals surface area contributed by atoms with Gasteiger partial charge in [-0.2, -0.15) is 4.72 Å². The molecule has 0 bridgehead atoms. The van der Waals surface area contributed by atoms with Crippen molar-refractivity contribution < 1.29 is 27.5 Å². The first-order valence-electron chi connectivity index (χ1n) is 8.97. The fraction of sp³-hybridized carbons (Fsp3) is 0.250. The molecule has 2 aromatic carbocycles. The van der Waals surface area contributed by atoms with E-state index in [1.807, 2.05) is 6.92 Å². The van der Waals surface area contributed by atoms with Gasteiger partial charge in [-0.25, -0.2) is 8.42 Å². The van der Waals surface area contributed by atoms with Gasteiger partial charge in [0, 0.05) is 18.3 Å². The first kappa shape index (κ1) is 23.0. The van der Waals surface area contributed by atoms with Crippen LogP contribution in [-0.2, 0) is 29.1 Å². The molecule has 0 saturated carbocycles. The monoisotopic (exact) mass is 433 g/mol. The van der Waals surface area contributed by atoms with Crippen molar-refractivity contribution >= 4 is 39.2 Å². The zero-order valence-electron chi connectivity index (χ0n) is 16.8. The van der Waals surface area contributed by atoms with E-state index in [0.29, 0.717) is 11.4 Å². The molecule has 0 fully saturated rings. The van der Waals surface area contributed by atoms with Crippen LogP contribution in [0.1, 0.15) is 18.1 Å². The highest BCUT2D eigenvalue weighted by atomic mass is 32.2. The number of nitrogens with one attached hydrogen (secondary N) is 3. The molecule has 0 radical (unpaired) electrons. The Balaban J connectivity index is 1.80. The minimum atomic E-state index is -3.88. The van der Waals surface area contributed by atoms with E-state index in [9.17, 15) is 22.8 Å². The number of carbonyl (C=O) groups excluding carboxylic acids is 3. The van der Waals surface area contributed by atoms with Crippen molar-refractivity contribution in [2.75, 3.05) is 23.8 Å². The Hall–Kier alpha value is -3.24. The smallest absolute Gasteiger partial charge is 0.321 e. The zero-order valence-corrected chi connectivity index (χ0v) is 17.6. The van der Waals surface area contributed by atoms with Crippen molar-refractivity contribution in [2.45, 2.75) is 25.7 Å². The summed E-state index contributed by atoms with van der Waals surface area (Å²) in [5.41, 5.74) is 2.77. The summed E-state index contributed by atoms with van der Waals surface area (Å²) in [5, 5.41) is 5.11. The zero-order chi connectivity index (χ0) is 22.3. The molecule has 0 unspecified atom stereocenters. The Morgan fingerprint density at radius 2 is 1.50 bits per heavy atom. The van der Waals surface area contributed by atoms with E-state index >= 15 is 0 Å². The molecule has 0 spiro atoms. The van der Waals surface area contributed by atoms with Gasteiger partial charge in [-0.15, -0.1) is 0 Å². The first-order valence-corrected chi connectivity index (χ1v) is 10.4. The van der Waals surface area contributed by atoms with Crippen LogP contribution in [0.5, 0.6) is 0 Å². The van der Waals surface area contributed by atoms with Crippen LogP contribution >= 0.6 is 0 Å². The fourth-order valence-corrected chi connectivity index (χ4v) is 3.41. The molecule has 9 nitrogen and oxygen atoms in total. The lowest BCUT2D eigenvalue weighted by Gasteiger charge is -2.10. The first-order chi connectivity index (χ1) is 14.1. The lowest BCUT2D eigenvalue weighted by atomic mass is 10.1.